The summed E-state index contributed by atoms with van der Waals surface area (Å²) in [7, 11) is 1.52. The Morgan fingerprint density at radius 1 is 1.44 bits per heavy atom. The molecule has 16 heavy (non-hydrogen) atoms. The van der Waals surface area contributed by atoms with Gasteiger partial charge in [-0.25, -0.2) is 0 Å². The van der Waals surface area contributed by atoms with Crippen molar-refractivity contribution < 1.29 is 9.76 Å². The molecule has 0 spiro atoms. The Balaban J connectivity index is 2.36. The molecule has 3 nitrogen and oxygen atoms in total. The maximum absolute atomic E-state index is 9.09. The number of aryl methyl sites for hydroxylation is 2. The van der Waals surface area contributed by atoms with Crippen LogP contribution in [0.4, 0.5) is 0 Å². The third kappa shape index (κ3) is 4.49. The molecule has 0 saturated heterocycles. The first-order valence-corrected chi connectivity index (χ1v) is 5.40. The fourth-order valence-corrected chi connectivity index (χ4v) is 1.46. The molecule has 0 saturated carbocycles. The van der Waals surface area contributed by atoms with Gasteiger partial charge in [-0.3, -0.25) is 5.41 Å². The van der Waals surface area contributed by atoms with Crippen molar-refractivity contribution in [2.24, 2.45) is 0 Å². The minimum absolute atomic E-state index is 0.0112. The van der Waals surface area contributed by atoms with Crippen molar-refractivity contribution in [1.82, 2.24) is 0 Å². The summed E-state index contributed by atoms with van der Waals surface area (Å²) >= 11 is 0. The summed E-state index contributed by atoms with van der Waals surface area (Å²) in [6.45, 7) is 2.12. The summed E-state index contributed by atoms with van der Waals surface area (Å²) in [6, 6.07) is 8.37. The molecule has 0 unspecified atom stereocenters. The van der Waals surface area contributed by atoms with Gasteiger partial charge in [0.2, 0.25) is 0 Å². The van der Waals surface area contributed by atoms with E-state index in [1.807, 2.05) is 0 Å². The first kappa shape index (κ1) is 12.8. The van der Waals surface area contributed by atoms with E-state index in [4.69, 9.17) is 15.2 Å². The Morgan fingerprint density at radius 3 is 2.69 bits per heavy atom. The summed E-state index contributed by atoms with van der Waals surface area (Å²) in [5.41, 5.74) is 2.51. The molecule has 0 aliphatic rings. The molecule has 0 aliphatic heterocycles. The van der Waals surface area contributed by atoms with E-state index in [2.05, 4.69) is 31.2 Å². The van der Waals surface area contributed by atoms with Gasteiger partial charge in [0.1, 0.15) is 6.40 Å². The Bertz CT molecular complexity index is 313. The van der Waals surface area contributed by atoms with Crippen LogP contribution in [-0.2, 0) is 11.1 Å². The molecule has 1 aromatic carbocycles. The number of aliphatic hydroxyl groups is 1. The van der Waals surface area contributed by atoms with Crippen LogP contribution in [0.2, 0.25) is 5.82 Å². The topological polar surface area (TPSA) is 53.3 Å². The maximum atomic E-state index is 9.09. The number of rotatable bonds is 7. The lowest BCUT2D eigenvalue weighted by Crippen LogP contribution is -2.12. The molecule has 1 aromatic rings. The Kier molecular flexibility index (Phi) is 5.64. The van der Waals surface area contributed by atoms with E-state index in [-0.39, 0.29) is 12.4 Å². The Morgan fingerprint density at radius 2 is 2.12 bits per heavy atom. The third-order valence-corrected chi connectivity index (χ3v) is 2.50. The molecule has 0 bridgehead atoms. The van der Waals surface area contributed by atoms with Gasteiger partial charge in [-0.2, -0.15) is 0 Å². The molecule has 0 aliphatic carbocycles. The average Bonchev–Trinajstić information content (AvgIpc) is 2.32. The van der Waals surface area contributed by atoms with Gasteiger partial charge in [-0.05, 0) is 31.1 Å². The van der Waals surface area contributed by atoms with Crippen molar-refractivity contribution in [2.75, 3.05) is 6.61 Å². The Labute approximate surface area is 97.2 Å². The average molecular weight is 218 g/mol. The van der Waals surface area contributed by atoms with E-state index in [1.165, 1.54) is 18.6 Å². The fraction of sp³-hybridized carbons (Fsp3) is 0.417. The molecule has 4 heteroatoms. The van der Waals surface area contributed by atoms with Gasteiger partial charge >= 0.3 is 7.48 Å². The van der Waals surface area contributed by atoms with Crippen LogP contribution in [0.15, 0.2) is 24.3 Å². The second-order valence-corrected chi connectivity index (χ2v) is 3.86. The van der Waals surface area contributed by atoms with Crippen molar-refractivity contribution in [2.45, 2.75) is 25.6 Å². The van der Waals surface area contributed by atoms with Gasteiger partial charge in [-0.1, -0.05) is 29.8 Å². The molecule has 85 valence electrons. The highest BCUT2D eigenvalue weighted by Gasteiger charge is 2.11. The normalized spacial score (nSPS) is 11.9. The zero-order valence-electron chi connectivity index (χ0n) is 9.52. The van der Waals surface area contributed by atoms with E-state index < -0.39 is 0 Å². The zero-order chi connectivity index (χ0) is 11.8. The largest absolute Gasteiger partial charge is 0.555 e. The smallest absolute Gasteiger partial charge is 0.376 e. The van der Waals surface area contributed by atoms with Gasteiger partial charge < -0.3 is 9.76 Å². The van der Waals surface area contributed by atoms with Crippen LogP contribution < -0.4 is 0 Å². The monoisotopic (exact) mass is 218 g/mol. The first-order chi connectivity index (χ1) is 7.76. The van der Waals surface area contributed by atoms with E-state index >= 15 is 0 Å². The molecule has 1 rings (SSSR count). The number of hydrogen-bond donors (Lipinski definition) is 2. The van der Waals surface area contributed by atoms with E-state index in [0.29, 0.717) is 0 Å². The van der Waals surface area contributed by atoms with Gasteiger partial charge in [-0.15, -0.1) is 0 Å². The van der Waals surface area contributed by atoms with Crippen LogP contribution >= 0.6 is 0 Å². The minimum Gasteiger partial charge on any atom is -0.555 e. The van der Waals surface area contributed by atoms with E-state index in [1.54, 1.807) is 0 Å². The lowest BCUT2D eigenvalue weighted by Gasteiger charge is -2.10. The van der Waals surface area contributed by atoms with Crippen molar-refractivity contribution >= 4 is 13.9 Å². The summed E-state index contributed by atoms with van der Waals surface area (Å²) in [6.07, 6.45) is 2.60. The lowest BCUT2D eigenvalue weighted by molar-refractivity contribution is 0.278. The predicted octanol–water partition coefficient (Wildman–Crippen LogP) is 1.95. The van der Waals surface area contributed by atoms with Crippen LogP contribution in [0.3, 0.4) is 0 Å². The SMILES string of the molecule is Cc1ccc(CC[C@@H]([B]OC=N)CO)cc1. The van der Waals surface area contributed by atoms with Crippen LogP contribution in [0.1, 0.15) is 17.5 Å². The second-order valence-electron chi connectivity index (χ2n) is 3.86. The van der Waals surface area contributed by atoms with Crippen molar-refractivity contribution in [1.29, 1.82) is 5.41 Å². The zero-order valence-corrected chi connectivity index (χ0v) is 9.52. The van der Waals surface area contributed by atoms with Gasteiger partial charge in [0.05, 0.1) is 0 Å². The second kappa shape index (κ2) is 7.07. The van der Waals surface area contributed by atoms with Crippen molar-refractivity contribution in [3.63, 3.8) is 0 Å². The van der Waals surface area contributed by atoms with Crippen LogP contribution in [0.5, 0.6) is 0 Å². The maximum Gasteiger partial charge on any atom is 0.376 e. The number of benzene rings is 1. The molecule has 1 radical (unpaired) electrons. The molecule has 0 heterocycles. The van der Waals surface area contributed by atoms with Gasteiger partial charge in [0, 0.05) is 6.61 Å². The quantitative estimate of drug-likeness (QED) is 0.417. The highest BCUT2D eigenvalue weighted by atomic mass is 16.4. The van der Waals surface area contributed by atoms with Crippen molar-refractivity contribution in [3.8, 4) is 0 Å². The number of aliphatic hydroxyl groups excluding tert-OH is 1. The van der Waals surface area contributed by atoms with Crippen LogP contribution in [0, 0.1) is 12.3 Å². The summed E-state index contributed by atoms with van der Waals surface area (Å²) < 4.78 is 4.75. The highest BCUT2D eigenvalue weighted by molar-refractivity contribution is 6.31. The molecule has 0 aromatic heterocycles. The third-order valence-electron chi connectivity index (χ3n) is 2.50. The molecule has 0 fully saturated rings. The number of nitrogens with one attached hydrogen (secondary N) is 1. The Hall–Kier alpha value is -1.29. The molecule has 0 amide bonds. The van der Waals surface area contributed by atoms with Crippen LogP contribution in [-0.4, -0.2) is 25.6 Å². The first-order valence-electron chi connectivity index (χ1n) is 5.40. The highest BCUT2D eigenvalue weighted by Crippen LogP contribution is 2.14. The van der Waals surface area contributed by atoms with Gasteiger partial charge in [0.15, 0.2) is 0 Å². The van der Waals surface area contributed by atoms with E-state index in [9.17, 15) is 0 Å². The fourth-order valence-electron chi connectivity index (χ4n) is 1.46. The van der Waals surface area contributed by atoms with Gasteiger partial charge in [0.25, 0.3) is 0 Å². The number of hydrogen-bond acceptors (Lipinski definition) is 3. The summed E-state index contributed by atoms with van der Waals surface area (Å²) in [5.74, 6) is -0.0112. The van der Waals surface area contributed by atoms with Crippen molar-refractivity contribution in [3.05, 3.63) is 35.4 Å². The summed E-state index contributed by atoms with van der Waals surface area (Å²) in [5, 5.41) is 15.8. The molecule has 2 N–H and O–H groups in total. The minimum atomic E-state index is -0.0112. The lowest BCUT2D eigenvalue weighted by atomic mass is 9.77. The van der Waals surface area contributed by atoms with E-state index in [0.717, 1.165) is 19.2 Å². The standard InChI is InChI=1S/C12H17BNO2/c1-10-2-4-11(5-3-10)6-7-12(8-15)13-16-9-14/h2-5,9,12,14-15H,6-8H2,1H3/t12-/m1/s1. The van der Waals surface area contributed by atoms with Crippen LogP contribution in [0.25, 0.3) is 0 Å². The molecule has 1 atom stereocenters. The molecular formula is C12H17BNO2. The predicted molar refractivity (Wildman–Crippen MR) is 66.0 cm³/mol. The molecular weight excluding hydrogens is 201 g/mol. The summed E-state index contributed by atoms with van der Waals surface area (Å²) in [4.78, 5) is 0.